The second-order valence-corrected chi connectivity index (χ2v) is 4.70. The maximum absolute atomic E-state index is 12.1. The fraction of sp³-hybridized carbons (Fsp3) is 0.357. The molecule has 0 bridgehead atoms. The molecule has 20 heavy (non-hydrogen) atoms. The molecule has 0 aromatic heterocycles. The van der Waals surface area contributed by atoms with Crippen LogP contribution in [0.1, 0.15) is 19.4 Å². The molecule has 1 atom stereocenters. The van der Waals surface area contributed by atoms with Gasteiger partial charge < -0.3 is 10.4 Å². The van der Waals surface area contributed by atoms with Crippen LogP contribution in [0.2, 0.25) is 0 Å². The molecule has 6 nitrogen and oxygen atoms in total. The predicted octanol–water partition coefficient (Wildman–Crippen LogP) is 1.81. The Bertz CT molecular complexity index is 549. The van der Waals surface area contributed by atoms with Crippen LogP contribution in [0.3, 0.4) is 0 Å². The van der Waals surface area contributed by atoms with Crippen LogP contribution in [0.25, 0.3) is 0 Å². The van der Waals surface area contributed by atoms with Crippen molar-refractivity contribution in [2.24, 2.45) is 5.92 Å². The van der Waals surface area contributed by atoms with Crippen molar-refractivity contribution in [3.05, 3.63) is 29.8 Å². The molecule has 1 rings (SSSR count). The van der Waals surface area contributed by atoms with Crippen LogP contribution in [-0.2, 0) is 4.79 Å². The lowest BCUT2D eigenvalue weighted by Crippen LogP contribution is -2.49. The highest BCUT2D eigenvalue weighted by Gasteiger charge is 2.25. The van der Waals surface area contributed by atoms with Crippen molar-refractivity contribution in [2.75, 3.05) is 11.9 Å². The zero-order chi connectivity index (χ0) is 15.3. The van der Waals surface area contributed by atoms with Crippen molar-refractivity contribution in [3.63, 3.8) is 0 Å². The van der Waals surface area contributed by atoms with Crippen LogP contribution in [0.5, 0.6) is 0 Å². The van der Waals surface area contributed by atoms with Crippen molar-refractivity contribution in [1.82, 2.24) is 5.32 Å². The Morgan fingerprint density at radius 2 is 1.95 bits per heavy atom. The summed E-state index contributed by atoms with van der Waals surface area (Å²) in [7, 11) is 1.49. The van der Waals surface area contributed by atoms with Crippen molar-refractivity contribution in [1.29, 1.82) is 5.26 Å². The van der Waals surface area contributed by atoms with E-state index in [4.69, 9.17) is 10.4 Å². The minimum absolute atomic E-state index is 0.240. The van der Waals surface area contributed by atoms with Gasteiger partial charge in [-0.05, 0) is 18.1 Å². The third kappa shape index (κ3) is 3.48. The number of carbonyl (C=O) groups excluding carboxylic acids is 1. The molecule has 6 heteroatoms. The standard InChI is InChI=1S/C14H17N3O3/c1-9(2)12(13(18)19)16-14(20)17(3)11-7-5-4-6-10(11)8-15/h4-7,9,12H,1-3H3,(H,16,20)(H,18,19)/t12-/m0/s1. The number of hydrogen-bond acceptors (Lipinski definition) is 3. The molecule has 1 aromatic carbocycles. The number of carboxylic acid groups (broad SMARTS) is 1. The molecule has 0 aliphatic rings. The topological polar surface area (TPSA) is 93.4 Å². The number of nitrogens with zero attached hydrogens (tertiary/aromatic N) is 2. The first-order valence-corrected chi connectivity index (χ1v) is 6.14. The number of carbonyl (C=O) groups is 2. The van der Waals surface area contributed by atoms with Crippen molar-refractivity contribution < 1.29 is 14.7 Å². The van der Waals surface area contributed by atoms with Crippen LogP contribution in [0.15, 0.2) is 24.3 Å². The number of carboxylic acids is 1. The van der Waals surface area contributed by atoms with E-state index in [1.54, 1.807) is 38.1 Å². The fourth-order valence-electron chi connectivity index (χ4n) is 1.71. The number of nitriles is 1. The maximum Gasteiger partial charge on any atom is 0.326 e. The Balaban J connectivity index is 2.92. The van der Waals surface area contributed by atoms with Crippen molar-refractivity contribution in [3.8, 4) is 6.07 Å². The molecule has 0 aliphatic carbocycles. The highest BCUT2D eigenvalue weighted by Crippen LogP contribution is 2.18. The summed E-state index contributed by atoms with van der Waals surface area (Å²) in [5.74, 6) is -1.33. The maximum atomic E-state index is 12.1. The molecule has 2 amide bonds. The quantitative estimate of drug-likeness (QED) is 0.876. The summed E-state index contributed by atoms with van der Waals surface area (Å²) < 4.78 is 0. The van der Waals surface area contributed by atoms with E-state index >= 15 is 0 Å². The number of rotatable bonds is 4. The molecule has 0 aliphatic heterocycles. The van der Waals surface area contributed by atoms with Crippen LogP contribution in [-0.4, -0.2) is 30.2 Å². The number of para-hydroxylation sites is 1. The highest BCUT2D eigenvalue weighted by molar-refractivity contribution is 5.95. The lowest BCUT2D eigenvalue weighted by atomic mass is 10.1. The molecular weight excluding hydrogens is 258 g/mol. The number of urea groups is 1. The molecule has 0 radical (unpaired) electrons. The Labute approximate surface area is 117 Å². The SMILES string of the molecule is CC(C)[C@H](NC(=O)N(C)c1ccccc1C#N)C(=O)O. The number of amides is 2. The minimum atomic E-state index is -1.09. The predicted molar refractivity (Wildman–Crippen MR) is 74.4 cm³/mol. The normalized spacial score (nSPS) is 11.6. The number of hydrogen-bond donors (Lipinski definition) is 2. The first-order valence-electron chi connectivity index (χ1n) is 6.14. The van der Waals surface area contributed by atoms with Gasteiger partial charge in [0.15, 0.2) is 0 Å². The molecule has 106 valence electrons. The molecule has 2 N–H and O–H groups in total. The van der Waals surface area contributed by atoms with Gasteiger partial charge >= 0.3 is 12.0 Å². The monoisotopic (exact) mass is 275 g/mol. The van der Waals surface area contributed by atoms with E-state index in [0.717, 1.165) is 0 Å². The molecular formula is C14H17N3O3. The fourth-order valence-corrected chi connectivity index (χ4v) is 1.71. The summed E-state index contributed by atoms with van der Waals surface area (Å²) in [6.45, 7) is 3.42. The molecule has 0 saturated heterocycles. The summed E-state index contributed by atoms with van der Waals surface area (Å²) in [4.78, 5) is 24.4. The van der Waals surface area contributed by atoms with Crippen LogP contribution >= 0.6 is 0 Å². The van der Waals surface area contributed by atoms with E-state index in [1.165, 1.54) is 11.9 Å². The van der Waals surface area contributed by atoms with E-state index in [9.17, 15) is 9.59 Å². The first kappa shape index (κ1) is 15.5. The summed E-state index contributed by atoms with van der Waals surface area (Å²) in [6.07, 6.45) is 0. The van der Waals surface area contributed by atoms with Crippen LogP contribution < -0.4 is 10.2 Å². The van der Waals surface area contributed by atoms with Gasteiger partial charge in [-0.25, -0.2) is 9.59 Å². The summed E-state index contributed by atoms with van der Waals surface area (Å²) in [5.41, 5.74) is 0.780. The molecule has 0 heterocycles. The number of nitrogens with one attached hydrogen (secondary N) is 1. The van der Waals surface area contributed by atoms with Crippen molar-refractivity contribution in [2.45, 2.75) is 19.9 Å². The zero-order valence-electron chi connectivity index (χ0n) is 11.6. The molecule has 0 unspecified atom stereocenters. The zero-order valence-corrected chi connectivity index (χ0v) is 11.6. The molecule has 0 saturated carbocycles. The van der Waals surface area contributed by atoms with Gasteiger partial charge in [-0.1, -0.05) is 26.0 Å². The average Bonchev–Trinajstić information content (AvgIpc) is 2.42. The van der Waals surface area contributed by atoms with E-state index in [2.05, 4.69) is 5.32 Å². The third-order valence-corrected chi connectivity index (χ3v) is 2.90. The lowest BCUT2D eigenvalue weighted by molar-refractivity contribution is -0.140. The van der Waals surface area contributed by atoms with E-state index in [0.29, 0.717) is 11.3 Å². The smallest absolute Gasteiger partial charge is 0.326 e. The Morgan fingerprint density at radius 3 is 2.45 bits per heavy atom. The van der Waals surface area contributed by atoms with Gasteiger partial charge in [-0.2, -0.15) is 5.26 Å². The van der Waals surface area contributed by atoms with E-state index < -0.39 is 18.0 Å². The summed E-state index contributed by atoms with van der Waals surface area (Å²) >= 11 is 0. The summed E-state index contributed by atoms with van der Waals surface area (Å²) in [6, 6.07) is 7.08. The third-order valence-electron chi connectivity index (χ3n) is 2.90. The Kier molecular flexibility index (Phi) is 5.09. The number of anilines is 1. The number of aliphatic carboxylic acids is 1. The highest BCUT2D eigenvalue weighted by atomic mass is 16.4. The van der Waals surface area contributed by atoms with E-state index in [-0.39, 0.29) is 5.92 Å². The summed E-state index contributed by atoms with van der Waals surface area (Å²) in [5, 5.41) is 20.5. The first-order chi connectivity index (χ1) is 9.38. The lowest BCUT2D eigenvalue weighted by Gasteiger charge is -2.23. The van der Waals surface area contributed by atoms with Gasteiger partial charge in [-0.15, -0.1) is 0 Å². The van der Waals surface area contributed by atoms with Gasteiger partial charge in [0.05, 0.1) is 11.3 Å². The average molecular weight is 275 g/mol. The van der Waals surface area contributed by atoms with Crippen LogP contribution in [0, 0.1) is 17.2 Å². The largest absolute Gasteiger partial charge is 0.480 e. The Hall–Kier alpha value is -2.55. The Morgan fingerprint density at radius 1 is 1.35 bits per heavy atom. The second-order valence-electron chi connectivity index (χ2n) is 4.70. The van der Waals surface area contributed by atoms with Crippen LogP contribution in [0.4, 0.5) is 10.5 Å². The van der Waals surface area contributed by atoms with Gasteiger partial charge in [0, 0.05) is 7.05 Å². The second kappa shape index (κ2) is 6.57. The molecule has 0 spiro atoms. The van der Waals surface area contributed by atoms with Gasteiger partial charge in [0.1, 0.15) is 12.1 Å². The van der Waals surface area contributed by atoms with Gasteiger partial charge in [-0.3, -0.25) is 4.90 Å². The minimum Gasteiger partial charge on any atom is -0.480 e. The van der Waals surface area contributed by atoms with Gasteiger partial charge in [0.25, 0.3) is 0 Å². The molecule has 0 fully saturated rings. The van der Waals surface area contributed by atoms with E-state index in [1.807, 2.05) is 6.07 Å². The molecule has 1 aromatic rings. The van der Waals surface area contributed by atoms with Gasteiger partial charge in [0.2, 0.25) is 0 Å². The number of benzene rings is 1. The van der Waals surface area contributed by atoms with Crippen molar-refractivity contribution >= 4 is 17.7 Å².